The van der Waals surface area contributed by atoms with Crippen molar-refractivity contribution in [3.05, 3.63) is 65.2 Å². The number of halogens is 1. The summed E-state index contributed by atoms with van der Waals surface area (Å²) in [6.07, 6.45) is 2.45. The highest BCUT2D eigenvalue weighted by atomic mass is 19.1. The lowest BCUT2D eigenvalue weighted by Gasteiger charge is -2.33. The van der Waals surface area contributed by atoms with E-state index < -0.39 is 0 Å². The standard InChI is InChI=1S/C24H24FN3O2/c1-14-23(15(2)28-27-14)16-3-6-18(7-4-16)26-22(29)12-20-19-8-5-17(25)11-21(19)30-13-24(20)9-10-24/h3-8,11,20H,9-10,12-13H2,1-2H3,(H,26,29)(H,27,28). The molecule has 1 aliphatic carbocycles. The molecular formula is C24H24FN3O2. The molecule has 1 amide bonds. The maximum atomic E-state index is 13.6. The van der Waals surface area contributed by atoms with E-state index in [0.717, 1.165) is 46.6 Å². The number of nitrogens with zero attached hydrogens (tertiary/aromatic N) is 1. The van der Waals surface area contributed by atoms with Crippen LogP contribution in [0.3, 0.4) is 0 Å². The van der Waals surface area contributed by atoms with Crippen molar-refractivity contribution in [3.8, 4) is 16.9 Å². The second-order valence-corrected chi connectivity index (χ2v) is 8.52. The number of carbonyl (C=O) groups is 1. The molecule has 2 N–H and O–H groups in total. The molecule has 3 aromatic rings. The van der Waals surface area contributed by atoms with E-state index in [9.17, 15) is 9.18 Å². The molecule has 1 spiro atoms. The lowest BCUT2D eigenvalue weighted by Crippen LogP contribution is -2.30. The molecule has 0 saturated heterocycles. The largest absolute Gasteiger partial charge is 0.493 e. The Balaban J connectivity index is 1.32. The van der Waals surface area contributed by atoms with Gasteiger partial charge in [0.25, 0.3) is 0 Å². The summed E-state index contributed by atoms with van der Waals surface area (Å²) in [6, 6.07) is 12.5. The first-order valence-electron chi connectivity index (χ1n) is 10.3. The maximum absolute atomic E-state index is 13.6. The summed E-state index contributed by atoms with van der Waals surface area (Å²) in [5, 5.41) is 10.3. The van der Waals surface area contributed by atoms with Crippen molar-refractivity contribution in [2.75, 3.05) is 11.9 Å². The predicted octanol–water partition coefficient (Wildman–Crippen LogP) is 5.12. The zero-order valence-electron chi connectivity index (χ0n) is 17.1. The second kappa shape index (κ2) is 6.97. The highest BCUT2D eigenvalue weighted by Gasteiger charge is 2.54. The van der Waals surface area contributed by atoms with E-state index in [2.05, 4.69) is 15.5 Å². The molecule has 1 saturated carbocycles. The molecule has 1 atom stereocenters. The first-order valence-corrected chi connectivity index (χ1v) is 10.3. The van der Waals surface area contributed by atoms with Gasteiger partial charge in [-0.05, 0) is 56.0 Å². The number of nitrogens with one attached hydrogen (secondary N) is 2. The normalized spacial score (nSPS) is 18.6. The fourth-order valence-electron chi connectivity index (χ4n) is 4.65. The van der Waals surface area contributed by atoms with Crippen molar-refractivity contribution >= 4 is 11.6 Å². The van der Waals surface area contributed by atoms with Crippen LogP contribution in [0.2, 0.25) is 0 Å². The van der Waals surface area contributed by atoms with Gasteiger partial charge in [0.05, 0.1) is 12.3 Å². The van der Waals surface area contributed by atoms with E-state index in [4.69, 9.17) is 4.74 Å². The summed E-state index contributed by atoms with van der Waals surface area (Å²) in [5.74, 6) is 0.275. The van der Waals surface area contributed by atoms with Crippen LogP contribution in [0.4, 0.5) is 10.1 Å². The maximum Gasteiger partial charge on any atom is 0.225 e. The van der Waals surface area contributed by atoms with E-state index in [0.29, 0.717) is 18.8 Å². The highest BCUT2D eigenvalue weighted by molar-refractivity contribution is 5.91. The topological polar surface area (TPSA) is 67.0 Å². The van der Waals surface area contributed by atoms with E-state index in [-0.39, 0.29) is 23.1 Å². The van der Waals surface area contributed by atoms with E-state index in [1.165, 1.54) is 12.1 Å². The fraction of sp³-hybridized carbons (Fsp3) is 0.333. The van der Waals surface area contributed by atoms with Gasteiger partial charge >= 0.3 is 0 Å². The Hall–Kier alpha value is -3.15. The number of aromatic amines is 1. The third-order valence-electron chi connectivity index (χ3n) is 6.47. The van der Waals surface area contributed by atoms with Crippen LogP contribution in [0.1, 0.15) is 42.1 Å². The number of aromatic nitrogens is 2. The number of aryl methyl sites for hydroxylation is 2. The zero-order valence-corrected chi connectivity index (χ0v) is 17.1. The number of ether oxygens (including phenoxy) is 1. The molecule has 0 bridgehead atoms. The minimum absolute atomic E-state index is 0.0162. The van der Waals surface area contributed by atoms with Gasteiger partial charge in [0.1, 0.15) is 11.6 Å². The molecule has 6 heteroatoms. The highest BCUT2D eigenvalue weighted by Crippen LogP contribution is 2.61. The molecule has 154 valence electrons. The zero-order chi connectivity index (χ0) is 20.9. The van der Waals surface area contributed by atoms with Crippen molar-refractivity contribution < 1.29 is 13.9 Å². The Kier molecular flexibility index (Phi) is 4.38. The molecular weight excluding hydrogens is 381 g/mol. The van der Waals surface area contributed by atoms with Gasteiger partial charge in [-0.2, -0.15) is 5.10 Å². The van der Waals surface area contributed by atoms with E-state index in [1.807, 2.05) is 38.1 Å². The summed E-state index contributed by atoms with van der Waals surface area (Å²) >= 11 is 0. The summed E-state index contributed by atoms with van der Waals surface area (Å²) in [6.45, 7) is 4.52. The van der Waals surface area contributed by atoms with Crippen LogP contribution in [-0.4, -0.2) is 22.7 Å². The van der Waals surface area contributed by atoms with Crippen LogP contribution in [0.25, 0.3) is 11.1 Å². The number of hydrogen-bond acceptors (Lipinski definition) is 3. The quantitative estimate of drug-likeness (QED) is 0.633. The predicted molar refractivity (Wildman–Crippen MR) is 113 cm³/mol. The number of fused-ring (bicyclic) bond motifs is 1. The second-order valence-electron chi connectivity index (χ2n) is 8.52. The first kappa shape index (κ1) is 18.9. The third kappa shape index (κ3) is 3.26. The van der Waals surface area contributed by atoms with Crippen molar-refractivity contribution in [1.29, 1.82) is 0 Å². The van der Waals surface area contributed by atoms with Gasteiger partial charge in [-0.1, -0.05) is 18.2 Å². The molecule has 1 fully saturated rings. The molecule has 5 rings (SSSR count). The van der Waals surface area contributed by atoms with Gasteiger partial charge in [0.15, 0.2) is 0 Å². The Bertz CT molecular complexity index is 1100. The number of carbonyl (C=O) groups excluding carboxylic acids is 1. The smallest absolute Gasteiger partial charge is 0.225 e. The lowest BCUT2D eigenvalue weighted by molar-refractivity contribution is -0.117. The molecule has 30 heavy (non-hydrogen) atoms. The van der Waals surface area contributed by atoms with Gasteiger partial charge in [0.2, 0.25) is 5.91 Å². The first-order chi connectivity index (χ1) is 14.4. The van der Waals surface area contributed by atoms with Crippen LogP contribution in [0, 0.1) is 25.1 Å². The minimum Gasteiger partial charge on any atom is -0.493 e. The third-order valence-corrected chi connectivity index (χ3v) is 6.47. The fourth-order valence-corrected chi connectivity index (χ4v) is 4.65. The van der Waals surface area contributed by atoms with Gasteiger partial charge in [-0.15, -0.1) is 0 Å². The van der Waals surface area contributed by atoms with Crippen LogP contribution in [0.15, 0.2) is 42.5 Å². The minimum atomic E-state index is -0.313. The number of H-pyrrole nitrogens is 1. The number of anilines is 1. The van der Waals surface area contributed by atoms with E-state index >= 15 is 0 Å². The molecule has 1 aliphatic heterocycles. The average Bonchev–Trinajstić information content (AvgIpc) is 3.43. The summed E-state index contributed by atoms with van der Waals surface area (Å²) < 4.78 is 19.4. The number of hydrogen-bond donors (Lipinski definition) is 2. The Labute approximate surface area is 174 Å². The van der Waals surface area contributed by atoms with Gasteiger partial charge in [-0.25, -0.2) is 4.39 Å². The summed E-state index contributed by atoms with van der Waals surface area (Å²) in [7, 11) is 0. The van der Waals surface area contributed by atoms with Gasteiger partial charge < -0.3 is 10.1 Å². The monoisotopic (exact) mass is 405 g/mol. The van der Waals surface area contributed by atoms with Crippen LogP contribution >= 0.6 is 0 Å². The summed E-state index contributed by atoms with van der Waals surface area (Å²) in [4.78, 5) is 12.9. The molecule has 2 heterocycles. The molecule has 1 aromatic heterocycles. The molecule has 2 aromatic carbocycles. The lowest BCUT2D eigenvalue weighted by atomic mass is 9.79. The Morgan fingerprint density at radius 1 is 1.23 bits per heavy atom. The molecule has 1 unspecified atom stereocenters. The van der Waals surface area contributed by atoms with Crippen molar-refractivity contribution in [2.45, 2.75) is 39.0 Å². The van der Waals surface area contributed by atoms with Crippen LogP contribution in [-0.2, 0) is 4.79 Å². The van der Waals surface area contributed by atoms with Crippen LogP contribution in [0.5, 0.6) is 5.75 Å². The van der Waals surface area contributed by atoms with E-state index in [1.54, 1.807) is 6.07 Å². The number of benzene rings is 2. The van der Waals surface area contributed by atoms with Gasteiger partial charge in [0, 0.05) is 40.8 Å². The number of amides is 1. The Morgan fingerprint density at radius 3 is 2.67 bits per heavy atom. The van der Waals surface area contributed by atoms with Crippen molar-refractivity contribution in [3.63, 3.8) is 0 Å². The molecule has 0 radical (unpaired) electrons. The Morgan fingerprint density at radius 2 is 2.00 bits per heavy atom. The van der Waals surface area contributed by atoms with Crippen molar-refractivity contribution in [2.24, 2.45) is 5.41 Å². The summed E-state index contributed by atoms with van der Waals surface area (Å²) in [5.41, 5.74) is 5.85. The molecule has 5 nitrogen and oxygen atoms in total. The average molecular weight is 405 g/mol. The van der Waals surface area contributed by atoms with Crippen molar-refractivity contribution in [1.82, 2.24) is 10.2 Å². The molecule has 2 aliphatic rings. The SMILES string of the molecule is Cc1n[nH]c(C)c1-c1ccc(NC(=O)CC2c3ccc(F)cc3OCC23CC3)cc1. The number of rotatable bonds is 4. The van der Waals surface area contributed by atoms with Crippen LogP contribution < -0.4 is 10.1 Å². The van der Waals surface area contributed by atoms with Gasteiger partial charge in [-0.3, -0.25) is 9.89 Å².